The highest BCUT2D eigenvalue weighted by Gasteiger charge is 2.21. The molecule has 0 bridgehead atoms. The van der Waals surface area contributed by atoms with Crippen molar-refractivity contribution in [3.05, 3.63) is 92.5 Å². The number of nitrogens with one attached hydrogen (secondary N) is 1. The number of amides is 1. The number of aromatic nitrogens is 3. The molecule has 2 aromatic heterocycles. The Kier molecular flexibility index (Phi) is 6.69. The van der Waals surface area contributed by atoms with E-state index in [0.29, 0.717) is 44.4 Å². The number of rotatable bonds is 7. The molecule has 7 nitrogen and oxygen atoms in total. The van der Waals surface area contributed by atoms with Crippen molar-refractivity contribution in [1.29, 1.82) is 0 Å². The van der Waals surface area contributed by atoms with Crippen LogP contribution < -0.4 is 10.1 Å². The zero-order chi connectivity index (χ0) is 22.7. The van der Waals surface area contributed by atoms with Gasteiger partial charge in [-0.25, -0.2) is 0 Å². The van der Waals surface area contributed by atoms with Crippen LogP contribution >= 0.6 is 34.8 Å². The largest absolute Gasteiger partial charge is 0.489 e. The summed E-state index contributed by atoms with van der Waals surface area (Å²) in [5.74, 6) is 0.690. The van der Waals surface area contributed by atoms with Crippen LogP contribution in [0.2, 0.25) is 15.1 Å². The molecule has 0 spiro atoms. The number of hydrogen-bond donors (Lipinski definition) is 1. The predicted octanol–water partition coefficient (Wildman–Crippen LogP) is 6.02. The molecule has 0 saturated carbocycles. The molecule has 1 amide bonds. The van der Waals surface area contributed by atoms with E-state index < -0.39 is 5.91 Å². The SMILES string of the molecule is Cc1onc(C(=O)Nc2cnn(Cc3ccc(Cl)c(Cl)c3)c2)c1COc1ccc(Cl)cc1. The third-order valence-corrected chi connectivity index (χ3v) is 5.61. The van der Waals surface area contributed by atoms with Gasteiger partial charge in [-0.15, -0.1) is 0 Å². The fourth-order valence-electron chi connectivity index (χ4n) is 2.96. The summed E-state index contributed by atoms with van der Waals surface area (Å²) < 4.78 is 12.6. The van der Waals surface area contributed by atoms with E-state index in [-0.39, 0.29) is 12.3 Å². The van der Waals surface area contributed by atoms with E-state index in [1.807, 2.05) is 6.07 Å². The van der Waals surface area contributed by atoms with Gasteiger partial charge < -0.3 is 14.6 Å². The molecule has 4 aromatic rings. The first kappa shape index (κ1) is 22.2. The topological polar surface area (TPSA) is 82.2 Å². The van der Waals surface area contributed by atoms with Gasteiger partial charge in [-0.1, -0.05) is 46.0 Å². The van der Waals surface area contributed by atoms with Gasteiger partial charge in [0.2, 0.25) is 0 Å². The number of carbonyl (C=O) groups is 1. The molecule has 2 aromatic carbocycles. The molecule has 0 aliphatic carbocycles. The number of carbonyl (C=O) groups excluding carboxylic acids is 1. The van der Waals surface area contributed by atoms with Crippen molar-refractivity contribution in [2.45, 2.75) is 20.1 Å². The van der Waals surface area contributed by atoms with E-state index in [2.05, 4.69) is 15.6 Å². The Bertz CT molecular complexity index is 1250. The normalized spacial score (nSPS) is 10.9. The summed E-state index contributed by atoms with van der Waals surface area (Å²) in [6.45, 7) is 2.31. The zero-order valence-electron chi connectivity index (χ0n) is 16.8. The number of ether oxygens (including phenoxy) is 1. The van der Waals surface area contributed by atoms with Gasteiger partial charge in [0.05, 0.1) is 34.0 Å². The van der Waals surface area contributed by atoms with Crippen molar-refractivity contribution in [2.24, 2.45) is 0 Å². The van der Waals surface area contributed by atoms with E-state index >= 15 is 0 Å². The second kappa shape index (κ2) is 9.65. The van der Waals surface area contributed by atoms with Crippen LogP contribution in [-0.4, -0.2) is 20.8 Å². The van der Waals surface area contributed by atoms with Gasteiger partial charge in [0.15, 0.2) is 5.69 Å². The third-order valence-electron chi connectivity index (χ3n) is 4.62. The lowest BCUT2D eigenvalue weighted by molar-refractivity contribution is 0.101. The van der Waals surface area contributed by atoms with Crippen molar-refractivity contribution >= 4 is 46.4 Å². The molecule has 0 unspecified atom stereocenters. The monoisotopic (exact) mass is 490 g/mol. The van der Waals surface area contributed by atoms with E-state index in [4.69, 9.17) is 44.1 Å². The van der Waals surface area contributed by atoms with Crippen molar-refractivity contribution < 1.29 is 14.1 Å². The minimum atomic E-state index is -0.425. The van der Waals surface area contributed by atoms with Crippen LogP contribution in [-0.2, 0) is 13.2 Å². The lowest BCUT2D eigenvalue weighted by atomic mass is 10.2. The third kappa shape index (κ3) is 5.24. The number of benzene rings is 2. The Labute approximate surface area is 198 Å². The molecular weight excluding hydrogens is 475 g/mol. The van der Waals surface area contributed by atoms with E-state index in [1.165, 1.54) is 0 Å². The average Bonchev–Trinajstić information content (AvgIpc) is 3.36. The van der Waals surface area contributed by atoms with Crippen LogP contribution in [0.5, 0.6) is 5.75 Å². The first-order chi connectivity index (χ1) is 15.4. The van der Waals surface area contributed by atoms with Gasteiger partial charge in [0, 0.05) is 11.2 Å². The smallest absolute Gasteiger partial charge is 0.278 e. The van der Waals surface area contributed by atoms with Gasteiger partial charge in [-0.05, 0) is 48.9 Å². The van der Waals surface area contributed by atoms with Gasteiger partial charge in [-0.3, -0.25) is 9.48 Å². The first-order valence-corrected chi connectivity index (χ1v) is 10.6. The van der Waals surface area contributed by atoms with E-state index in [1.54, 1.807) is 60.4 Å². The van der Waals surface area contributed by atoms with Gasteiger partial charge in [-0.2, -0.15) is 5.10 Å². The fraction of sp³-hybridized carbons (Fsp3) is 0.136. The second-order valence-electron chi connectivity index (χ2n) is 6.94. The predicted molar refractivity (Wildman–Crippen MR) is 123 cm³/mol. The molecule has 0 fully saturated rings. The van der Waals surface area contributed by atoms with Crippen molar-refractivity contribution in [1.82, 2.24) is 14.9 Å². The number of aryl methyl sites for hydroxylation is 1. The molecule has 1 N–H and O–H groups in total. The maximum Gasteiger partial charge on any atom is 0.278 e. The number of anilines is 1. The summed E-state index contributed by atoms with van der Waals surface area (Å²) >= 11 is 17.9. The van der Waals surface area contributed by atoms with Crippen LogP contribution in [0.15, 0.2) is 59.4 Å². The Balaban J connectivity index is 1.42. The minimum Gasteiger partial charge on any atom is -0.489 e. The quantitative estimate of drug-likeness (QED) is 0.342. The summed E-state index contributed by atoms with van der Waals surface area (Å²) in [6, 6.07) is 12.3. The molecule has 0 atom stereocenters. The minimum absolute atomic E-state index is 0.121. The van der Waals surface area contributed by atoms with Gasteiger partial charge >= 0.3 is 0 Å². The molecule has 0 radical (unpaired) electrons. The molecule has 10 heteroatoms. The Morgan fingerprint density at radius 1 is 1.12 bits per heavy atom. The average molecular weight is 492 g/mol. The zero-order valence-corrected chi connectivity index (χ0v) is 19.1. The first-order valence-electron chi connectivity index (χ1n) is 9.50. The molecule has 164 valence electrons. The standard InChI is InChI=1S/C22H17Cl3N4O3/c1-13-18(12-31-17-5-3-15(23)4-6-17)21(28-32-13)22(30)27-16-9-26-29(11-16)10-14-2-7-19(24)20(25)8-14/h2-9,11H,10,12H2,1H3,(H,27,30). The second-order valence-corrected chi connectivity index (χ2v) is 8.19. The van der Waals surface area contributed by atoms with Crippen LogP contribution in [0.3, 0.4) is 0 Å². The maximum absolute atomic E-state index is 12.8. The highest BCUT2D eigenvalue weighted by atomic mass is 35.5. The van der Waals surface area contributed by atoms with Crippen LogP contribution in [0.4, 0.5) is 5.69 Å². The lowest BCUT2D eigenvalue weighted by Gasteiger charge is -2.07. The summed E-state index contributed by atoms with van der Waals surface area (Å²) in [4.78, 5) is 12.8. The Morgan fingerprint density at radius 2 is 1.91 bits per heavy atom. The molecule has 32 heavy (non-hydrogen) atoms. The van der Waals surface area contributed by atoms with Crippen LogP contribution in [0.1, 0.15) is 27.4 Å². The molecular formula is C22H17Cl3N4O3. The molecule has 4 rings (SSSR count). The molecule has 0 aliphatic rings. The van der Waals surface area contributed by atoms with Gasteiger partial charge in [0.1, 0.15) is 18.1 Å². The van der Waals surface area contributed by atoms with Gasteiger partial charge in [0.25, 0.3) is 5.91 Å². The van der Waals surface area contributed by atoms with E-state index in [9.17, 15) is 4.79 Å². The van der Waals surface area contributed by atoms with E-state index in [0.717, 1.165) is 5.56 Å². The molecule has 2 heterocycles. The fourth-order valence-corrected chi connectivity index (χ4v) is 3.40. The maximum atomic E-state index is 12.8. The highest BCUT2D eigenvalue weighted by Crippen LogP contribution is 2.24. The van der Waals surface area contributed by atoms with Crippen LogP contribution in [0.25, 0.3) is 0 Å². The Morgan fingerprint density at radius 3 is 2.66 bits per heavy atom. The number of halogens is 3. The molecule has 0 saturated heterocycles. The summed E-state index contributed by atoms with van der Waals surface area (Å²) in [5.41, 5.74) is 2.14. The highest BCUT2D eigenvalue weighted by molar-refractivity contribution is 6.42. The van der Waals surface area contributed by atoms with Crippen molar-refractivity contribution in [3.8, 4) is 5.75 Å². The number of nitrogens with zero attached hydrogens (tertiary/aromatic N) is 3. The summed E-state index contributed by atoms with van der Waals surface area (Å²) in [5, 5.41) is 12.5. The lowest BCUT2D eigenvalue weighted by Crippen LogP contribution is -2.15. The summed E-state index contributed by atoms with van der Waals surface area (Å²) in [7, 11) is 0. The van der Waals surface area contributed by atoms with Crippen LogP contribution in [0, 0.1) is 6.92 Å². The summed E-state index contributed by atoms with van der Waals surface area (Å²) in [6.07, 6.45) is 3.25. The van der Waals surface area contributed by atoms with Crippen molar-refractivity contribution in [3.63, 3.8) is 0 Å². The molecule has 0 aliphatic heterocycles. The number of hydrogen-bond acceptors (Lipinski definition) is 5. The van der Waals surface area contributed by atoms with Crippen molar-refractivity contribution in [2.75, 3.05) is 5.32 Å². The Hall–Kier alpha value is -3.00.